The first-order chi connectivity index (χ1) is 10.7. The molecule has 0 heterocycles. The van der Waals surface area contributed by atoms with E-state index in [1.807, 2.05) is 66.7 Å². The monoisotopic (exact) mass is 355 g/mol. The molecule has 0 spiro atoms. The maximum atomic E-state index is 12.0. The van der Waals surface area contributed by atoms with Crippen molar-refractivity contribution >= 4 is 44.1 Å². The zero-order valence-corrected chi connectivity index (χ0v) is 13.2. The number of hydrazine groups is 1. The molecule has 3 aromatic rings. The summed E-state index contributed by atoms with van der Waals surface area (Å²) >= 11 is 3.37. The quantitative estimate of drug-likeness (QED) is 0.593. The molecule has 110 valence electrons. The van der Waals surface area contributed by atoms with Crippen LogP contribution in [0, 0.1) is 0 Å². The number of urea groups is 1. The highest BCUT2D eigenvalue weighted by Crippen LogP contribution is 2.22. The van der Waals surface area contributed by atoms with Gasteiger partial charge >= 0.3 is 6.03 Å². The summed E-state index contributed by atoms with van der Waals surface area (Å²) in [5.41, 5.74) is 7.05. The molecule has 0 radical (unpaired) electrons. The summed E-state index contributed by atoms with van der Waals surface area (Å²) in [5, 5.41) is 4.93. The Kier molecular flexibility index (Phi) is 4.25. The Labute approximate surface area is 136 Å². The van der Waals surface area contributed by atoms with E-state index in [2.05, 4.69) is 32.1 Å². The van der Waals surface area contributed by atoms with Gasteiger partial charge in [0.2, 0.25) is 0 Å². The lowest BCUT2D eigenvalue weighted by Gasteiger charge is -2.11. The highest BCUT2D eigenvalue weighted by Gasteiger charge is 2.04. The number of fused-ring (bicyclic) bond motifs is 1. The minimum Gasteiger partial charge on any atom is -0.306 e. The first-order valence-electron chi connectivity index (χ1n) is 6.79. The van der Waals surface area contributed by atoms with Crippen LogP contribution in [-0.2, 0) is 0 Å². The van der Waals surface area contributed by atoms with Crippen LogP contribution in [0.25, 0.3) is 10.8 Å². The molecule has 2 amide bonds. The Morgan fingerprint density at radius 1 is 0.864 bits per heavy atom. The summed E-state index contributed by atoms with van der Waals surface area (Å²) in [4.78, 5) is 12.0. The van der Waals surface area contributed by atoms with Crippen LogP contribution in [0.5, 0.6) is 0 Å². The third-order valence-electron chi connectivity index (χ3n) is 3.20. The maximum Gasteiger partial charge on any atom is 0.337 e. The Morgan fingerprint density at radius 3 is 2.41 bits per heavy atom. The number of nitrogens with one attached hydrogen (secondary N) is 3. The van der Waals surface area contributed by atoms with E-state index >= 15 is 0 Å². The van der Waals surface area contributed by atoms with Gasteiger partial charge in [-0.1, -0.05) is 52.3 Å². The van der Waals surface area contributed by atoms with E-state index in [1.165, 1.54) is 0 Å². The number of carbonyl (C=O) groups excluding carboxylic acids is 1. The van der Waals surface area contributed by atoms with Crippen molar-refractivity contribution in [1.29, 1.82) is 0 Å². The van der Waals surface area contributed by atoms with Gasteiger partial charge in [-0.2, -0.15) is 0 Å². The number of amides is 2. The topological polar surface area (TPSA) is 53.2 Å². The van der Waals surface area contributed by atoms with Crippen LogP contribution >= 0.6 is 15.9 Å². The van der Waals surface area contributed by atoms with Gasteiger partial charge in [0.25, 0.3) is 0 Å². The lowest BCUT2D eigenvalue weighted by molar-refractivity contribution is 0.254. The highest BCUT2D eigenvalue weighted by atomic mass is 79.9. The standard InChI is InChI=1S/C17H14BrN3O/c18-13-8-10-14(11-9-13)20-21-17(22)19-16-7-3-5-12-4-1-2-6-15(12)16/h1-11,20H,(H2,19,21,22). The maximum absolute atomic E-state index is 12.0. The molecule has 0 atom stereocenters. The number of carbonyl (C=O) groups is 1. The van der Waals surface area contributed by atoms with Gasteiger partial charge in [-0.15, -0.1) is 0 Å². The largest absolute Gasteiger partial charge is 0.337 e. The van der Waals surface area contributed by atoms with Crippen LogP contribution in [0.3, 0.4) is 0 Å². The van der Waals surface area contributed by atoms with Crippen molar-refractivity contribution in [3.8, 4) is 0 Å². The van der Waals surface area contributed by atoms with Gasteiger partial charge in [-0.25, -0.2) is 4.79 Å². The molecule has 0 fully saturated rings. The van der Waals surface area contributed by atoms with Crippen LogP contribution < -0.4 is 16.2 Å². The molecule has 22 heavy (non-hydrogen) atoms. The van der Waals surface area contributed by atoms with Crippen molar-refractivity contribution in [2.75, 3.05) is 10.7 Å². The molecular weight excluding hydrogens is 342 g/mol. The van der Waals surface area contributed by atoms with E-state index in [4.69, 9.17) is 0 Å². The fourth-order valence-corrected chi connectivity index (χ4v) is 2.41. The van der Waals surface area contributed by atoms with Crippen molar-refractivity contribution in [3.05, 3.63) is 71.2 Å². The van der Waals surface area contributed by atoms with Crippen molar-refractivity contribution < 1.29 is 4.79 Å². The van der Waals surface area contributed by atoms with E-state index in [-0.39, 0.29) is 6.03 Å². The van der Waals surface area contributed by atoms with Crippen LogP contribution in [0.4, 0.5) is 16.2 Å². The Balaban J connectivity index is 1.67. The van der Waals surface area contributed by atoms with E-state index in [0.717, 1.165) is 26.6 Å². The predicted octanol–water partition coefficient (Wildman–Crippen LogP) is 4.75. The number of rotatable bonds is 3. The first-order valence-corrected chi connectivity index (χ1v) is 7.58. The van der Waals surface area contributed by atoms with Gasteiger partial charge in [0.15, 0.2) is 0 Å². The first kappa shape index (κ1) is 14.4. The molecular formula is C17H14BrN3O. The molecule has 0 aromatic heterocycles. The molecule has 0 bridgehead atoms. The summed E-state index contributed by atoms with van der Waals surface area (Å²) in [5.74, 6) is 0. The average molecular weight is 356 g/mol. The molecule has 4 nitrogen and oxygen atoms in total. The molecule has 0 saturated carbocycles. The Hall–Kier alpha value is -2.53. The zero-order valence-electron chi connectivity index (χ0n) is 11.6. The number of halogens is 1. The Morgan fingerprint density at radius 2 is 1.59 bits per heavy atom. The van der Waals surface area contributed by atoms with E-state index in [9.17, 15) is 4.79 Å². The van der Waals surface area contributed by atoms with Crippen LogP contribution in [0.2, 0.25) is 0 Å². The number of anilines is 2. The summed E-state index contributed by atoms with van der Waals surface area (Å²) in [7, 11) is 0. The van der Waals surface area contributed by atoms with Gasteiger partial charge in [-0.3, -0.25) is 10.9 Å². The van der Waals surface area contributed by atoms with Crippen LogP contribution in [0.15, 0.2) is 71.2 Å². The van der Waals surface area contributed by atoms with Crippen LogP contribution in [-0.4, -0.2) is 6.03 Å². The molecule has 5 heteroatoms. The van der Waals surface area contributed by atoms with Gasteiger partial charge in [0.05, 0.1) is 11.4 Å². The SMILES string of the molecule is O=C(NNc1ccc(Br)cc1)Nc1cccc2ccccc12. The molecule has 0 aliphatic heterocycles. The smallest absolute Gasteiger partial charge is 0.306 e. The van der Waals surface area contributed by atoms with Gasteiger partial charge in [-0.05, 0) is 35.7 Å². The van der Waals surface area contributed by atoms with Gasteiger partial charge in [0.1, 0.15) is 0 Å². The molecule has 3 rings (SSSR count). The minimum atomic E-state index is -0.320. The summed E-state index contributed by atoms with van der Waals surface area (Å²) in [6, 6.07) is 20.9. The molecule has 0 saturated heterocycles. The molecule has 3 N–H and O–H groups in total. The third kappa shape index (κ3) is 3.38. The molecule has 3 aromatic carbocycles. The summed E-state index contributed by atoms with van der Waals surface area (Å²) < 4.78 is 0.984. The van der Waals surface area contributed by atoms with Crippen LogP contribution in [0.1, 0.15) is 0 Å². The zero-order chi connectivity index (χ0) is 15.4. The van der Waals surface area contributed by atoms with Crippen molar-refractivity contribution in [2.24, 2.45) is 0 Å². The molecule has 0 aliphatic carbocycles. The van der Waals surface area contributed by atoms with Crippen molar-refractivity contribution in [1.82, 2.24) is 5.43 Å². The number of hydrogen-bond acceptors (Lipinski definition) is 2. The molecule has 0 aliphatic rings. The highest BCUT2D eigenvalue weighted by molar-refractivity contribution is 9.10. The fraction of sp³-hybridized carbons (Fsp3) is 0. The van der Waals surface area contributed by atoms with Crippen molar-refractivity contribution in [2.45, 2.75) is 0 Å². The van der Waals surface area contributed by atoms with E-state index < -0.39 is 0 Å². The number of hydrogen-bond donors (Lipinski definition) is 3. The normalized spacial score (nSPS) is 10.2. The predicted molar refractivity (Wildman–Crippen MR) is 93.9 cm³/mol. The molecule has 0 unspecified atom stereocenters. The number of benzene rings is 3. The second-order valence-electron chi connectivity index (χ2n) is 4.74. The average Bonchev–Trinajstić information content (AvgIpc) is 2.55. The summed E-state index contributed by atoms with van der Waals surface area (Å²) in [6.07, 6.45) is 0. The van der Waals surface area contributed by atoms with E-state index in [0.29, 0.717) is 0 Å². The van der Waals surface area contributed by atoms with Gasteiger partial charge in [0, 0.05) is 9.86 Å². The fourth-order valence-electron chi connectivity index (χ4n) is 2.15. The van der Waals surface area contributed by atoms with E-state index in [1.54, 1.807) is 0 Å². The summed E-state index contributed by atoms with van der Waals surface area (Å²) in [6.45, 7) is 0. The van der Waals surface area contributed by atoms with Gasteiger partial charge < -0.3 is 5.32 Å². The third-order valence-corrected chi connectivity index (χ3v) is 3.73. The minimum absolute atomic E-state index is 0.320. The Bertz CT molecular complexity index is 797. The van der Waals surface area contributed by atoms with Crippen molar-refractivity contribution in [3.63, 3.8) is 0 Å². The second-order valence-corrected chi connectivity index (χ2v) is 5.65. The lowest BCUT2D eigenvalue weighted by atomic mass is 10.1. The lowest BCUT2D eigenvalue weighted by Crippen LogP contribution is -2.33. The second kappa shape index (κ2) is 6.49.